The second kappa shape index (κ2) is 5.78. The number of rotatable bonds is 3. The Bertz CT molecular complexity index is 644. The third-order valence-electron chi connectivity index (χ3n) is 2.55. The second-order valence-electron chi connectivity index (χ2n) is 3.81. The van der Waals surface area contributed by atoms with E-state index >= 15 is 0 Å². The van der Waals surface area contributed by atoms with Crippen LogP contribution in [0.4, 0.5) is 0 Å². The minimum absolute atomic E-state index is 0.166. The molecule has 2 aromatic rings. The fourth-order valence-electron chi connectivity index (χ4n) is 1.76. The zero-order valence-corrected chi connectivity index (χ0v) is 11.8. The molecule has 2 rings (SSSR count). The fraction of sp³-hybridized carbons (Fsp3) is 0.0769. The first-order valence-corrected chi connectivity index (χ1v) is 6.43. The first kappa shape index (κ1) is 14.1. The van der Waals surface area contributed by atoms with Crippen LogP contribution < -0.4 is 0 Å². The minimum atomic E-state index is -0.957. The van der Waals surface area contributed by atoms with E-state index in [4.69, 9.17) is 39.9 Å². The molecular weight excluding hydrogens is 309 g/mol. The van der Waals surface area contributed by atoms with E-state index in [0.29, 0.717) is 26.7 Å². The van der Waals surface area contributed by atoms with Crippen molar-refractivity contribution in [3.63, 3.8) is 0 Å². The van der Waals surface area contributed by atoms with E-state index < -0.39 is 5.97 Å². The Hall–Kier alpha value is -1.29. The number of hydrogen-bond donors (Lipinski definition) is 1. The number of benzene rings is 1. The number of pyridine rings is 1. The molecule has 0 amide bonds. The summed E-state index contributed by atoms with van der Waals surface area (Å²) in [6.45, 7) is 0. The van der Waals surface area contributed by atoms with Gasteiger partial charge in [-0.05, 0) is 17.7 Å². The molecule has 1 aromatic carbocycles. The lowest BCUT2D eigenvalue weighted by Gasteiger charge is -2.11. The van der Waals surface area contributed by atoms with Gasteiger partial charge in [0.25, 0.3) is 0 Å². The van der Waals surface area contributed by atoms with E-state index in [1.165, 1.54) is 6.20 Å². The lowest BCUT2D eigenvalue weighted by atomic mass is 10.00. The molecule has 0 saturated heterocycles. The molecule has 0 atom stereocenters. The number of aliphatic carboxylic acids is 1. The van der Waals surface area contributed by atoms with Crippen LogP contribution in [0.15, 0.2) is 30.5 Å². The van der Waals surface area contributed by atoms with E-state index in [-0.39, 0.29) is 11.6 Å². The third-order valence-corrected chi connectivity index (χ3v) is 3.66. The standard InChI is InChI=1S/C13H8Cl3NO2/c14-9-3-1-2-8(12(9)15)11-7(6-10(18)19)4-5-17-13(11)16/h1-5H,6H2,(H,18,19). The summed E-state index contributed by atoms with van der Waals surface area (Å²) in [4.78, 5) is 14.9. The molecule has 0 bridgehead atoms. The van der Waals surface area contributed by atoms with Gasteiger partial charge in [0.1, 0.15) is 5.15 Å². The van der Waals surface area contributed by atoms with Crippen molar-refractivity contribution >= 4 is 40.8 Å². The number of nitrogens with zero attached hydrogens (tertiary/aromatic N) is 1. The minimum Gasteiger partial charge on any atom is -0.481 e. The van der Waals surface area contributed by atoms with Crippen LogP contribution in [0, 0.1) is 0 Å². The number of carboxylic acid groups (broad SMARTS) is 1. The summed E-state index contributed by atoms with van der Waals surface area (Å²) in [7, 11) is 0. The topological polar surface area (TPSA) is 50.2 Å². The predicted octanol–water partition coefficient (Wildman–Crippen LogP) is 4.34. The van der Waals surface area contributed by atoms with Crippen LogP contribution in [0.1, 0.15) is 5.56 Å². The van der Waals surface area contributed by atoms with Gasteiger partial charge in [0, 0.05) is 17.3 Å². The van der Waals surface area contributed by atoms with Gasteiger partial charge >= 0.3 is 5.97 Å². The van der Waals surface area contributed by atoms with Crippen molar-refractivity contribution in [1.29, 1.82) is 0 Å². The Morgan fingerprint density at radius 2 is 1.95 bits per heavy atom. The van der Waals surface area contributed by atoms with Gasteiger partial charge in [0.15, 0.2) is 0 Å². The SMILES string of the molecule is O=C(O)Cc1ccnc(Cl)c1-c1cccc(Cl)c1Cl. The normalized spacial score (nSPS) is 10.5. The molecule has 98 valence electrons. The quantitative estimate of drug-likeness (QED) is 0.857. The van der Waals surface area contributed by atoms with Crippen molar-refractivity contribution in [3.8, 4) is 11.1 Å². The number of hydrogen-bond acceptors (Lipinski definition) is 2. The highest BCUT2D eigenvalue weighted by Gasteiger charge is 2.16. The Kier molecular flexibility index (Phi) is 4.30. The van der Waals surface area contributed by atoms with Crippen LogP contribution in [-0.2, 0) is 11.2 Å². The molecule has 0 fully saturated rings. The molecule has 19 heavy (non-hydrogen) atoms. The zero-order valence-electron chi connectivity index (χ0n) is 9.53. The van der Waals surface area contributed by atoms with Crippen molar-refractivity contribution in [2.75, 3.05) is 0 Å². The lowest BCUT2D eigenvalue weighted by Crippen LogP contribution is -2.03. The molecule has 1 aromatic heterocycles. The third kappa shape index (κ3) is 3.00. The van der Waals surface area contributed by atoms with Crippen LogP contribution in [-0.4, -0.2) is 16.1 Å². The number of carbonyl (C=O) groups is 1. The predicted molar refractivity (Wildman–Crippen MR) is 76.0 cm³/mol. The van der Waals surface area contributed by atoms with Gasteiger partial charge in [0.2, 0.25) is 0 Å². The molecule has 6 heteroatoms. The van der Waals surface area contributed by atoms with E-state index in [1.54, 1.807) is 24.3 Å². The average Bonchev–Trinajstić information content (AvgIpc) is 2.33. The Labute approximate surface area is 124 Å². The molecule has 3 nitrogen and oxygen atoms in total. The number of aromatic nitrogens is 1. The van der Waals surface area contributed by atoms with Crippen molar-refractivity contribution in [1.82, 2.24) is 4.98 Å². The highest BCUT2D eigenvalue weighted by molar-refractivity contribution is 6.44. The van der Waals surface area contributed by atoms with Gasteiger partial charge in [-0.3, -0.25) is 4.79 Å². The first-order valence-electron chi connectivity index (χ1n) is 5.30. The van der Waals surface area contributed by atoms with Crippen LogP contribution in [0.2, 0.25) is 15.2 Å². The maximum absolute atomic E-state index is 10.9. The summed E-state index contributed by atoms with van der Waals surface area (Å²) >= 11 is 18.2. The Morgan fingerprint density at radius 1 is 1.21 bits per heavy atom. The molecule has 1 N–H and O–H groups in total. The van der Waals surface area contributed by atoms with E-state index in [0.717, 1.165) is 0 Å². The van der Waals surface area contributed by atoms with Crippen LogP contribution >= 0.6 is 34.8 Å². The molecule has 0 aliphatic carbocycles. The maximum Gasteiger partial charge on any atom is 0.307 e. The molecule has 0 unspecified atom stereocenters. The van der Waals surface area contributed by atoms with Gasteiger partial charge < -0.3 is 5.11 Å². The molecule has 0 spiro atoms. The maximum atomic E-state index is 10.9. The lowest BCUT2D eigenvalue weighted by molar-refractivity contribution is -0.136. The van der Waals surface area contributed by atoms with Crippen molar-refractivity contribution in [3.05, 3.63) is 51.2 Å². The molecular formula is C13H8Cl3NO2. The van der Waals surface area contributed by atoms with Crippen LogP contribution in [0.5, 0.6) is 0 Å². The number of halogens is 3. The van der Waals surface area contributed by atoms with E-state index in [2.05, 4.69) is 4.98 Å². The van der Waals surface area contributed by atoms with Crippen LogP contribution in [0.25, 0.3) is 11.1 Å². The van der Waals surface area contributed by atoms with Crippen LogP contribution in [0.3, 0.4) is 0 Å². The average molecular weight is 317 g/mol. The molecule has 0 radical (unpaired) electrons. The van der Waals surface area contributed by atoms with Crippen molar-refractivity contribution in [2.24, 2.45) is 0 Å². The Morgan fingerprint density at radius 3 is 2.63 bits per heavy atom. The van der Waals surface area contributed by atoms with Crippen molar-refractivity contribution in [2.45, 2.75) is 6.42 Å². The smallest absolute Gasteiger partial charge is 0.307 e. The summed E-state index contributed by atoms with van der Waals surface area (Å²) in [6, 6.07) is 6.70. The van der Waals surface area contributed by atoms with Gasteiger partial charge in [-0.2, -0.15) is 0 Å². The summed E-state index contributed by atoms with van der Waals surface area (Å²) in [6.07, 6.45) is 1.29. The molecule has 1 heterocycles. The zero-order chi connectivity index (χ0) is 14.0. The summed E-state index contributed by atoms with van der Waals surface area (Å²) in [5, 5.41) is 9.83. The van der Waals surface area contributed by atoms with Gasteiger partial charge in [-0.25, -0.2) is 4.98 Å². The summed E-state index contributed by atoms with van der Waals surface area (Å²) < 4.78 is 0. The highest BCUT2D eigenvalue weighted by Crippen LogP contribution is 2.38. The number of carboxylic acids is 1. The first-order chi connectivity index (χ1) is 9.00. The monoisotopic (exact) mass is 315 g/mol. The highest BCUT2D eigenvalue weighted by atomic mass is 35.5. The Balaban J connectivity index is 2.67. The fourth-order valence-corrected chi connectivity index (χ4v) is 2.44. The van der Waals surface area contributed by atoms with Crippen molar-refractivity contribution < 1.29 is 9.90 Å². The summed E-state index contributed by atoms with van der Waals surface area (Å²) in [5.74, 6) is -0.957. The van der Waals surface area contributed by atoms with E-state index in [1.807, 2.05) is 0 Å². The second-order valence-corrected chi connectivity index (χ2v) is 4.95. The van der Waals surface area contributed by atoms with Gasteiger partial charge in [0.05, 0.1) is 16.5 Å². The van der Waals surface area contributed by atoms with Gasteiger partial charge in [-0.1, -0.05) is 46.9 Å². The van der Waals surface area contributed by atoms with E-state index in [9.17, 15) is 4.79 Å². The molecule has 0 aliphatic heterocycles. The van der Waals surface area contributed by atoms with Gasteiger partial charge in [-0.15, -0.1) is 0 Å². The summed E-state index contributed by atoms with van der Waals surface area (Å²) in [5.41, 5.74) is 1.61. The molecule has 0 aliphatic rings. The molecule has 0 saturated carbocycles. The largest absolute Gasteiger partial charge is 0.481 e.